The number of aldehydes is 1. The highest BCUT2D eigenvalue weighted by Gasteiger charge is 2.15. The summed E-state index contributed by atoms with van der Waals surface area (Å²) < 4.78 is 0. The summed E-state index contributed by atoms with van der Waals surface area (Å²) in [7, 11) is 0. The summed E-state index contributed by atoms with van der Waals surface area (Å²) in [4.78, 5) is 28.7. The van der Waals surface area contributed by atoms with Crippen molar-refractivity contribution in [3.8, 4) is 22.4 Å². The second-order valence-corrected chi connectivity index (χ2v) is 9.08. The number of carbonyl (C=O) groups excluding carboxylic acids is 2. The Morgan fingerprint density at radius 3 is 2.45 bits per heavy atom. The molecule has 0 radical (unpaired) electrons. The Kier molecular flexibility index (Phi) is 6.77. The van der Waals surface area contributed by atoms with Gasteiger partial charge in [-0.1, -0.05) is 41.4 Å². The quantitative estimate of drug-likeness (QED) is 0.313. The van der Waals surface area contributed by atoms with E-state index in [0.717, 1.165) is 45.1 Å². The van der Waals surface area contributed by atoms with Gasteiger partial charge in [0.1, 0.15) is 6.29 Å². The third-order valence-corrected chi connectivity index (χ3v) is 5.64. The van der Waals surface area contributed by atoms with Crippen LogP contribution in [0, 0.1) is 0 Å². The molecule has 4 aromatic rings. The van der Waals surface area contributed by atoms with E-state index >= 15 is 0 Å². The second kappa shape index (κ2) is 9.74. The van der Waals surface area contributed by atoms with Crippen LogP contribution in [0.5, 0.6) is 0 Å². The lowest BCUT2D eigenvalue weighted by Crippen LogP contribution is -2.31. The van der Waals surface area contributed by atoms with Crippen molar-refractivity contribution in [3.05, 3.63) is 87.9 Å². The fourth-order valence-corrected chi connectivity index (χ4v) is 4.25. The van der Waals surface area contributed by atoms with Crippen LogP contribution in [0.15, 0.2) is 66.7 Å². The van der Waals surface area contributed by atoms with Crippen LogP contribution in [0.4, 0.5) is 0 Å². The SMILES string of the molecule is CC(C)NC(=O)Cc1cc2cc(-c3cc(Cl)cc(C=O)c3)ccc2nc1-c1cccc(Cl)c1. The normalized spacial score (nSPS) is 11.1. The van der Waals surface area contributed by atoms with E-state index in [-0.39, 0.29) is 18.4 Å². The molecule has 4 nitrogen and oxygen atoms in total. The molecule has 0 saturated heterocycles. The van der Waals surface area contributed by atoms with Crippen LogP contribution in [0.3, 0.4) is 0 Å². The van der Waals surface area contributed by atoms with E-state index in [0.29, 0.717) is 15.6 Å². The summed E-state index contributed by atoms with van der Waals surface area (Å²) >= 11 is 12.4. The van der Waals surface area contributed by atoms with E-state index in [2.05, 4.69) is 5.32 Å². The highest BCUT2D eigenvalue weighted by atomic mass is 35.5. The van der Waals surface area contributed by atoms with Gasteiger partial charge in [-0.25, -0.2) is 4.98 Å². The monoisotopic (exact) mass is 476 g/mol. The maximum absolute atomic E-state index is 12.6. The second-order valence-electron chi connectivity index (χ2n) is 8.20. The van der Waals surface area contributed by atoms with Gasteiger partial charge in [-0.3, -0.25) is 9.59 Å². The molecule has 0 aliphatic rings. The highest BCUT2D eigenvalue weighted by Crippen LogP contribution is 2.31. The smallest absolute Gasteiger partial charge is 0.224 e. The van der Waals surface area contributed by atoms with E-state index in [1.807, 2.05) is 68.4 Å². The highest BCUT2D eigenvalue weighted by molar-refractivity contribution is 6.31. The van der Waals surface area contributed by atoms with Gasteiger partial charge in [0.25, 0.3) is 0 Å². The molecule has 0 atom stereocenters. The van der Waals surface area contributed by atoms with Gasteiger partial charge in [-0.05, 0) is 79.1 Å². The predicted molar refractivity (Wildman–Crippen MR) is 135 cm³/mol. The molecule has 6 heteroatoms. The zero-order valence-corrected chi connectivity index (χ0v) is 19.7. The number of hydrogen-bond acceptors (Lipinski definition) is 3. The van der Waals surface area contributed by atoms with Crippen molar-refractivity contribution in [2.45, 2.75) is 26.3 Å². The van der Waals surface area contributed by atoms with E-state index < -0.39 is 0 Å². The summed E-state index contributed by atoms with van der Waals surface area (Å²) in [5, 5.41) is 4.93. The van der Waals surface area contributed by atoms with Crippen LogP contribution >= 0.6 is 23.2 Å². The van der Waals surface area contributed by atoms with Crippen molar-refractivity contribution >= 4 is 46.3 Å². The lowest BCUT2D eigenvalue weighted by Gasteiger charge is -2.14. The molecule has 0 bridgehead atoms. The number of fused-ring (bicyclic) bond motifs is 1. The standard InChI is InChI=1S/C27H22Cl2N2O2/c1-16(2)30-26(33)14-22-11-21-10-18(20-8-17(15-32)9-24(29)13-20)6-7-25(21)31-27(22)19-4-3-5-23(28)12-19/h3-13,15-16H,14H2,1-2H3,(H,30,33). The van der Waals surface area contributed by atoms with Gasteiger partial charge >= 0.3 is 0 Å². The van der Waals surface area contributed by atoms with Crippen molar-refractivity contribution in [2.24, 2.45) is 0 Å². The van der Waals surface area contributed by atoms with E-state index in [1.54, 1.807) is 12.1 Å². The number of benzene rings is 3. The van der Waals surface area contributed by atoms with Crippen LogP contribution in [0.2, 0.25) is 10.0 Å². The molecular formula is C27H22Cl2N2O2. The first kappa shape index (κ1) is 23.0. The minimum absolute atomic E-state index is 0.0435. The Bertz CT molecular complexity index is 1370. The Morgan fingerprint density at radius 2 is 1.73 bits per heavy atom. The first-order chi connectivity index (χ1) is 15.8. The number of rotatable bonds is 6. The molecule has 0 unspecified atom stereocenters. The summed E-state index contributed by atoms with van der Waals surface area (Å²) in [6.45, 7) is 3.86. The number of nitrogens with zero attached hydrogens (tertiary/aromatic N) is 1. The first-order valence-corrected chi connectivity index (χ1v) is 11.3. The minimum Gasteiger partial charge on any atom is -0.354 e. The Labute approximate surface area is 202 Å². The summed E-state index contributed by atoms with van der Waals surface area (Å²) in [5.41, 5.74) is 5.43. The number of nitrogens with one attached hydrogen (secondary N) is 1. The Balaban J connectivity index is 1.85. The maximum Gasteiger partial charge on any atom is 0.224 e. The van der Waals surface area contributed by atoms with Gasteiger partial charge in [-0.15, -0.1) is 0 Å². The molecule has 1 amide bonds. The molecule has 166 valence electrons. The first-order valence-electron chi connectivity index (χ1n) is 10.6. The van der Waals surface area contributed by atoms with E-state index in [9.17, 15) is 9.59 Å². The third-order valence-electron chi connectivity index (χ3n) is 5.18. The maximum atomic E-state index is 12.6. The van der Waals surface area contributed by atoms with E-state index in [1.165, 1.54) is 0 Å². The topological polar surface area (TPSA) is 59.1 Å². The van der Waals surface area contributed by atoms with E-state index in [4.69, 9.17) is 28.2 Å². The van der Waals surface area contributed by atoms with Gasteiger partial charge in [0.05, 0.1) is 17.6 Å². The van der Waals surface area contributed by atoms with Crippen molar-refractivity contribution in [2.75, 3.05) is 0 Å². The molecule has 0 aliphatic carbocycles. The van der Waals surface area contributed by atoms with Gasteiger partial charge in [0, 0.05) is 32.6 Å². The zero-order valence-electron chi connectivity index (χ0n) is 18.2. The summed E-state index contributed by atoms with van der Waals surface area (Å²) in [6, 6.07) is 20.6. The van der Waals surface area contributed by atoms with Crippen molar-refractivity contribution < 1.29 is 9.59 Å². The Morgan fingerprint density at radius 1 is 0.939 bits per heavy atom. The number of hydrogen-bond donors (Lipinski definition) is 1. The molecule has 1 aromatic heterocycles. The average Bonchev–Trinajstić information content (AvgIpc) is 2.77. The third kappa shape index (κ3) is 5.41. The number of halogens is 2. The lowest BCUT2D eigenvalue weighted by atomic mass is 9.97. The summed E-state index contributed by atoms with van der Waals surface area (Å²) in [5.74, 6) is -0.0731. The zero-order chi connectivity index (χ0) is 23.5. The molecule has 0 fully saturated rings. The fourth-order valence-electron chi connectivity index (χ4n) is 3.81. The molecule has 33 heavy (non-hydrogen) atoms. The molecule has 1 N–H and O–H groups in total. The predicted octanol–water partition coefficient (Wildman–Crippen LogP) is 6.76. The minimum atomic E-state index is -0.0731. The largest absolute Gasteiger partial charge is 0.354 e. The van der Waals surface area contributed by atoms with Crippen LogP contribution in [-0.2, 0) is 11.2 Å². The van der Waals surface area contributed by atoms with Crippen molar-refractivity contribution in [1.82, 2.24) is 10.3 Å². The van der Waals surface area contributed by atoms with Gasteiger partial charge < -0.3 is 5.32 Å². The number of carbonyl (C=O) groups is 2. The molecule has 0 aliphatic heterocycles. The fraction of sp³-hybridized carbons (Fsp3) is 0.148. The van der Waals surface area contributed by atoms with Crippen molar-refractivity contribution in [1.29, 1.82) is 0 Å². The Hall–Kier alpha value is -3.21. The molecule has 1 heterocycles. The molecule has 4 rings (SSSR count). The van der Waals surface area contributed by atoms with Gasteiger partial charge in [-0.2, -0.15) is 0 Å². The van der Waals surface area contributed by atoms with Crippen LogP contribution in [0.1, 0.15) is 29.8 Å². The average molecular weight is 477 g/mol. The van der Waals surface area contributed by atoms with Gasteiger partial charge in [0.2, 0.25) is 5.91 Å². The number of amides is 1. The molecule has 0 saturated carbocycles. The van der Waals surface area contributed by atoms with Gasteiger partial charge in [0.15, 0.2) is 0 Å². The molecule has 3 aromatic carbocycles. The van der Waals surface area contributed by atoms with Crippen molar-refractivity contribution in [3.63, 3.8) is 0 Å². The lowest BCUT2D eigenvalue weighted by molar-refractivity contribution is -0.120. The molecular weight excluding hydrogens is 455 g/mol. The number of pyridine rings is 1. The van der Waals surface area contributed by atoms with Crippen LogP contribution in [-0.4, -0.2) is 23.2 Å². The van der Waals surface area contributed by atoms with Crippen LogP contribution < -0.4 is 5.32 Å². The molecule has 0 spiro atoms. The van der Waals surface area contributed by atoms with Crippen LogP contribution in [0.25, 0.3) is 33.3 Å². The number of aromatic nitrogens is 1. The summed E-state index contributed by atoms with van der Waals surface area (Å²) in [6.07, 6.45) is 0.973.